The summed E-state index contributed by atoms with van der Waals surface area (Å²) in [4.78, 5) is 14.2. The van der Waals surface area contributed by atoms with Gasteiger partial charge in [0.25, 0.3) is 5.91 Å². The third-order valence-electron chi connectivity index (χ3n) is 3.83. The lowest BCUT2D eigenvalue weighted by atomic mass is 10.0. The molecule has 0 atom stereocenters. The Labute approximate surface area is 128 Å². The number of carbonyl (C=O) groups excluding carboxylic acids is 1. The average Bonchev–Trinajstić information content (AvgIpc) is 2.54. The molecule has 2 rings (SSSR count). The summed E-state index contributed by atoms with van der Waals surface area (Å²) in [7, 11) is 3.24. The molecule has 1 fully saturated rings. The van der Waals surface area contributed by atoms with Crippen LogP contribution in [0.25, 0.3) is 0 Å². The lowest BCUT2D eigenvalue weighted by molar-refractivity contribution is -0.0516. The monoisotopic (exact) mass is 314 g/mol. The third kappa shape index (κ3) is 3.65. The van der Waals surface area contributed by atoms with Crippen molar-refractivity contribution in [1.82, 2.24) is 10.2 Å². The van der Waals surface area contributed by atoms with Gasteiger partial charge in [0, 0.05) is 19.1 Å². The van der Waals surface area contributed by atoms with Crippen LogP contribution in [0.3, 0.4) is 0 Å². The molecule has 7 heteroatoms. The van der Waals surface area contributed by atoms with Gasteiger partial charge in [0.1, 0.15) is 0 Å². The van der Waals surface area contributed by atoms with Gasteiger partial charge in [0.15, 0.2) is 11.5 Å². The summed E-state index contributed by atoms with van der Waals surface area (Å²) < 4.78 is 34.7. The molecular formula is C15H20F2N2O3. The topological polar surface area (TPSA) is 50.8 Å². The number of hydrogen-bond donors (Lipinski definition) is 1. The number of hydrogen-bond acceptors (Lipinski definition) is 4. The van der Waals surface area contributed by atoms with Gasteiger partial charge in [0.05, 0.1) is 12.7 Å². The molecule has 0 aliphatic carbocycles. The summed E-state index contributed by atoms with van der Waals surface area (Å²) >= 11 is 0. The number of halogens is 2. The predicted molar refractivity (Wildman–Crippen MR) is 77.6 cm³/mol. The van der Waals surface area contributed by atoms with Gasteiger partial charge in [-0.25, -0.2) is 0 Å². The van der Waals surface area contributed by atoms with E-state index < -0.39 is 6.61 Å². The Balaban J connectivity index is 2.22. The number of rotatable bonds is 5. The van der Waals surface area contributed by atoms with E-state index in [1.807, 2.05) is 7.05 Å². The fraction of sp³-hybridized carbons (Fsp3) is 0.533. The first kappa shape index (κ1) is 16.5. The van der Waals surface area contributed by atoms with Crippen molar-refractivity contribution in [3.8, 4) is 11.5 Å². The van der Waals surface area contributed by atoms with Crippen LogP contribution in [-0.4, -0.2) is 50.7 Å². The first-order valence-corrected chi connectivity index (χ1v) is 7.15. The average molecular weight is 314 g/mol. The minimum atomic E-state index is -3.02. The molecule has 0 aromatic heterocycles. The summed E-state index contributed by atoms with van der Waals surface area (Å²) in [6, 6.07) is 4.94. The normalized spacial score (nSPS) is 16.0. The molecule has 122 valence electrons. The van der Waals surface area contributed by atoms with E-state index in [1.165, 1.54) is 19.2 Å². The van der Waals surface area contributed by atoms with Crippen LogP contribution in [0.15, 0.2) is 18.2 Å². The number of ether oxygens (including phenoxy) is 2. The third-order valence-corrected chi connectivity index (χ3v) is 3.83. The second-order valence-corrected chi connectivity index (χ2v) is 5.07. The summed E-state index contributed by atoms with van der Waals surface area (Å²) in [6.07, 6.45) is 1.66. The second kappa shape index (κ2) is 7.40. The minimum absolute atomic E-state index is 0.0996. The van der Waals surface area contributed by atoms with Gasteiger partial charge in [-0.3, -0.25) is 4.79 Å². The molecule has 0 radical (unpaired) electrons. The number of methoxy groups -OCH3 is 1. The number of benzene rings is 1. The van der Waals surface area contributed by atoms with Crippen molar-refractivity contribution < 1.29 is 23.0 Å². The Morgan fingerprint density at radius 3 is 2.59 bits per heavy atom. The Hall–Kier alpha value is -1.89. The molecule has 1 N–H and O–H groups in total. The largest absolute Gasteiger partial charge is 0.493 e. The van der Waals surface area contributed by atoms with Gasteiger partial charge < -0.3 is 19.7 Å². The standard InChI is InChI=1S/C15H20F2N2O3/c1-18-10-6-8-19(9-7-10)14(20)11-4-3-5-12(21-2)13(11)22-15(16)17/h3-5,10,15,18H,6-9H2,1-2H3. The molecule has 1 aliphatic rings. The second-order valence-electron chi connectivity index (χ2n) is 5.07. The summed E-state index contributed by atoms with van der Waals surface area (Å²) in [5.74, 6) is -0.402. The number of piperidine rings is 1. The highest BCUT2D eigenvalue weighted by atomic mass is 19.3. The molecular weight excluding hydrogens is 294 g/mol. The SMILES string of the molecule is CNC1CCN(C(=O)c2cccc(OC)c2OC(F)F)CC1. The number of nitrogens with zero attached hydrogens (tertiary/aromatic N) is 1. The van der Waals surface area contributed by atoms with Crippen LogP contribution in [0.4, 0.5) is 8.78 Å². The number of nitrogens with one attached hydrogen (secondary N) is 1. The number of amides is 1. The van der Waals surface area contributed by atoms with Crippen LogP contribution >= 0.6 is 0 Å². The quantitative estimate of drug-likeness (QED) is 0.904. The maximum Gasteiger partial charge on any atom is 0.387 e. The van der Waals surface area contributed by atoms with Gasteiger partial charge in [-0.05, 0) is 32.0 Å². The van der Waals surface area contributed by atoms with Crippen LogP contribution in [-0.2, 0) is 0 Å². The van der Waals surface area contributed by atoms with E-state index in [9.17, 15) is 13.6 Å². The van der Waals surface area contributed by atoms with E-state index in [4.69, 9.17) is 4.74 Å². The van der Waals surface area contributed by atoms with Crippen LogP contribution in [0.1, 0.15) is 23.2 Å². The van der Waals surface area contributed by atoms with Crippen LogP contribution in [0.2, 0.25) is 0 Å². The number of para-hydroxylation sites is 1. The van der Waals surface area contributed by atoms with Crippen molar-refractivity contribution >= 4 is 5.91 Å². The van der Waals surface area contributed by atoms with Crippen LogP contribution < -0.4 is 14.8 Å². The van der Waals surface area contributed by atoms with Crippen LogP contribution in [0.5, 0.6) is 11.5 Å². The Morgan fingerprint density at radius 2 is 2.05 bits per heavy atom. The van der Waals surface area contributed by atoms with Gasteiger partial charge in [0.2, 0.25) is 0 Å². The zero-order valence-electron chi connectivity index (χ0n) is 12.6. The van der Waals surface area contributed by atoms with Crippen molar-refractivity contribution in [2.45, 2.75) is 25.5 Å². The maximum atomic E-state index is 12.6. The molecule has 1 aromatic rings. The van der Waals surface area contributed by atoms with E-state index in [0.717, 1.165) is 12.8 Å². The summed E-state index contributed by atoms with van der Waals surface area (Å²) in [5, 5.41) is 3.18. The zero-order chi connectivity index (χ0) is 16.1. The van der Waals surface area contributed by atoms with Crippen molar-refractivity contribution in [3.63, 3.8) is 0 Å². The highest BCUT2D eigenvalue weighted by Crippen LogP contribution is 2.33. The molecule has 1 aliphatic heterocycles. The molecule has 22 heavy (non-hydrogen) atoms. The van der Waals surface area contributed by atoms with Crippen molar-refractivity contribution in [2.75, 3.05) is 27.2 Å². The first-order chi connectivity index (χ1) is 10.6. The zero-order valence-corrected chi connectivity index (χ0v) is 12.6. The highest BCUT2D eigenvalue weighted by Gasteiger charge is 2.27. The van der Waals surface area contributed by atoms with Gasteiger partial charge >= 0.3 is 6.61 Å². The lowest BCUT2D eigenvalue weighted by Crippen LogP contribution is -2.44. The Kier molecular flexibility index (Phi) is 5.54. The summed E-state index contributed by atoms with van der Waals surface area (Å²) in [5.41, 5.74) is 0.0996. The smallest absolute Gasteiger partial charge is 0.387 e. The van der Waals surface area contributed by atoms with E-state index in [2.05, 4.69) is 10.1 Å². The molecule has 0 bridgehead atoms. The van der Waals surface area contributed by atoms with Gasteiger partial charge in [-0.15, -0.1) is 0 Å². The number of likely N-dealkylation sites (tertiary alicyclic amines) is 1. The molecule has 1 saturated heterocycles. The van der Waals surface area contributed by atoms with Crippen molar-refractivity contribution in [1.29, 1.82) is 0 Å². The highest BCUT2D eigenvalue weighted by molar-refractivity contribution is 5.97. The fourth-order valence-electron chi connectivity index (χ4n) is 2.60. The molecule has 0 spiro atoms. The Bertz CT molecular complexity index is 518. The van der Waals surface area contributed by atoms with Gasteiger partial charge in [-0.1, -0.05) is 6.07 Å². The van der Waals surface area contributed by atoms with Crippen LogP contribution in [0, 0.1) is 0 Å². The number of alkyl halides is 2. The van der Waals surface area contributed by atoms with Crippen molar-refractivity contribution in [2.24, 2.45) is 0 Å². The van der Waals surface area contributed by atoms with E-state index >= 15 is 0 Å². The van der Waals surface area contributed by atoms with Gasteiger partial charge in [-0.2, -0.15) is 8.78 Å². The Morgan fingerprint density at radius 1 is 1.36 bits per heavy atom. The molecule has 0 unspecified atom stereocenters. The van der Waals surface area contributed by atoms with Crippen molar-refractivity contribution in [3.05, 3.63) is 23.8 Å². The fourth-order valence-corrected chi connectivity index (χ4v) is 2.60. The van der Waals surface area contributed by atoms with E-state index in [-0.39, 0.29) is 23.0 Å². The summed E-state index contributed by atoms with van der Waals surface area (Å²) in [6.45, 7) is -1.86. The predicted octanol–water partition coefficient (Wildman–Crippen LogP) is 2.12. The maximum absolute atomic E-state index is 12.6. The van der Waals surface area contributed by atoms with E-state index in [1.54, 1.807) is 11.0 Å². The minimum Gasteiger partial charge on any atom is -0.493 e. The first-order valence-electron chi connectivity index (χ1n) is 7.15. The molecule has 1 heterocycles. The molecule has 0 saturated carbocycles. The molecule has 1 amide bonds. The molecule has 1 aromatic carbocycles. The van der Waals surface area contributed by atoms with E-state index in [0.29, 0.717) is 19.1 Å². The molecule has 5 nitrogen and oxygen atoms in total. The lowest BCUT2D eigenvalue weighted by Gasteiger charge is -2.32. The number of carbonyl (C=O) groups is 1.